The third kappa shape index (κ3) is 4.12. The average Bonchev–Trinajstić information content (AvgIpc) is 3.28. The lowest BCUT2D eigenvalue weighted by Gasteiger charge is -2.31. The van der Waals surface area contributed by atoms with Crippen LogP contribution in [0.5, 0.6) is 0 Å². The molecule has 3 rings (SSSR count). The van der Waals surface area contributed by atoms with Crippen molar-refractivity contribution in [2.45, 2.75) is 57.7 Å². The summed E-state index contributed by atoms with van der Waals surface area (Å²) < 4.78 is 0. The lowest BCUT2D eigenvalue weighted by Crippen LogP contribution is -2.42. The quantitative estimate of drug-likeness (QED) is 0.681. The summed E-state index contributed by atoms with van der Waals surface area (Å²) in [5.41, 5.74) is 1.13. The van der Waals surface area contributed by atoms with Gasteiger partial charge in [-0.3, -0.25) is 4.90 Å². The summed E-state index contributed by atoms with van der Waals surface area (Å²) in [4.78, 5) is 2.61. The molecular weight excluding hydrogens is 268 g/mol. The maximum Gasteiger partial charge on any atom is 0.0889 e. The highest BCUT2D eigenvalue weighted by Gasteiger charge is 2.44. The number of nitrogens with one attached hydrogen (secondary N) is 1. The van der Waals surface area contributed by atoms with E-state index >= 15 is 0 Å². The predicted octanol–water partition coefficient (Wildman–Crippen LogP) is 3.28. The summed E-state index contributed by atoms with van der Waals surface area (Å²) in [6, 6.07) is 12.0. The number of piperidine rings is 1. The highest BCUT2D eigenvalue weighted by molar-refractivity contribution is 5.36. The van der Waals surface area contributed by atoms with Gasteiger partial charge in [-0.15, -0.1) is 0 Å². The molecule has 2 heterocycles. The Bertz CT molecular complexity index is 520. The first kappa shape index (κ1) is 15.6. The highest BCUT2D eigenvalue weighted by Crippen LogP contribution is 2.27. The molecule has 1 N–H and O–H groups in total. The van der Waals surface area contributed by atoms with E-state index in [1.165, 1.54) is 38.8 Å². The fourth-order valence-electron chi connectivity index (χ4n) is 3.51. The van der Waals surface area contributed by atoms with Crippen LogP contribution in [0.3, 0.4) is 0 Å². The molecule has 1 aromatic rings. The maximum atomic E-state index is 3.69. The molecule has 2 heteroatoms. The van der Waals surface area contributed by atoms with Crippen LogP contribution in [0.2, 0.25) is 0 Å². The van der Waals surface area contributed by atoms with E-state index in [-0.39, 0.29) is 0 Å². The van der Waals surface area contributed by atoms with E-state index in [9.17, 15) is 0 Å². The molecule has 1 unspecified atom stereocenters. The van der Waals surface area contributed by atoms with Crippen LogP contribution in [0.25, 0.3) is 0 Å². The van der Waals surface area contributed by atoms with Crippen molar-refractivity contribution in [3.8, 4) is 11.8 Å². The molecule has 3 atom stereocenters. The number of benzene rings is 1. The normalized spacial score (nSPS) is 26.3. The Balaban J connectivity index is 1.71. The van der Waals surface area contributed by atoms with Gasteiger partial charge in [0.25, 0.3) is 0 Å². The van der Waals surface area contributed by atoms with Crippen molar-refractivity contribution in [2.75, 3.05) is 13.1 Å². The van der Waals surface area contributed by atoms with Gasteiger partial charge in [0.2, 0.25) is 0 Å². The van der Waals surface area contributed by atoms with Crippen molar-refractivity contribution < 1.29 is 0 Å². The first-order valence-corrected chi connectivity index (χ1v) is 8.81. The van der Waals surface area contributed by atoms with Gasteiger partial charge in [-0.2, -0.15) is 0 Å². The van der Waals surface area contributed by atoms with E-state index in [0.717, 1.165) is 11.5 Å². The van der Waals surface area contributed by atoms with Gasteiger partial charge in [0.05, 0.1) is 6.04 Å². The second-order valence-electron chi connectivity index (χ2n) is 7.11. The lowest BCUT2D eigenvalue weighted by molar-refractivity contribution is 0.192. The van der Waals surface area contributed by atoms with Crippen LogP contribution in [0.1, 0.15) is 45.1 Å². The summed E-state index contributed by atoms with van der Waals surface area (Å²) in [6.07, 6.45) is 5.29. The molecule has 0 aliphatic carbocycles. The minimum absolute atomic E-state index is 0.379. The standard InChI is InChI=1S/C20H28N2/c1-16(2)15-18-20(21-18)19(22-13-7-4-8-14-22)12-11-17-9-5-3-6-10-17/h3,5-6,9-10,16,18-21H,4,7-8,13-15H2,1-2H3/t18-,19?,20+/m1/s1. The van der Waals surface area contributed by atoms with Gasteiger partial charge in [-0.25, -0.2) is 0 Å². The van der Waals surface area contributed by atoms with Gasteiger partial charge >= 0.3 is 0 Å². The molecule has 0 aromatic heterocycles. The number of hydrogen-bond donors (Lipinski definition) is 1. The number of nitrogens with zero attached hydrogens (tertiary/aromatic N) is 1. The second kappa shape index (κ2) is 7.31. The molecule has 2 nitrogen and oxygen atoms in total. The minimum atomic E-state index is 0.379. The average molecular weight is 296 g/mol. The summed E-state index contributed by atoms with van der Waals surface area (Å²) in [7, 11) is 0. The molecule has 2 aliphatic heterocycles. The third-order valence-corrected chi connectivity index (χ3v) is 4.72. The molecule has 0 saturated carbocycles. The van der Waals surface area contributed by atoms with E-state index in [4.69, 9.17) is 0 Å². The van der Waals surface area contributed by atoms with E-state index in [1.807, 2.05) is 0 Å². The largest absolute Gasteiger partial charge is 0.306 e. The zero-order valence-corrected chi connectivity index (χ0v) is 13.9. The summed E-state index contributed by atoms with van der Waals surface area (Å²) >= 11 is 0. The van der Waals surface area contributed by atoms with Crippen molar-refractivity contribution >= 4 is 0 Å². The Kier molecular flexibility index (Phi) is 5.18. The molecule has 2 fully saturated rings. The van der Waals surface area contributed by atoms with Crippen LogP contribution < -0.4 is 5.32 Å². The topological polar surface area (TPSA) is 25.2 Å². The Morgan fingerprint density at radius 2 is 1.86 bits per heavy atom. The van der Waals surface area contributed by atoms with Crippen molar-refractivity contribution in [3.63, 3.8) is 0 Å². The van der Waals surface area contributed by atoms with Crippen LogP contribution in [-0.2, 0) is 0 Å². The first-order valence-electron chi connectivity index (χ1n) is 8.81. The van der Waals surface area contributed by atoms with Crippen LogP contribution >= 0.6 is 0 Å². The smallest absolute Gasteiger partial charge is 0.0889 e. The monoisotopic (exact) mass is 296 g/mol. The van der Waals surface area contributed by atoms with E-state index in [1.54, 1.807) is 0 Å². The molecule has 1 aromatic carbocycles. The van der Waals surface area contributed by atoms with Gasteiger partial charge in [0.1, 0.15) is 0 Å². The second-order valence-corrected chi connectivity index (χ2v) is 7.11. The van der Waals surface area contributed by atoms with E-state index < -0.39 is 0 Å². The fourth-order valence-corrected chi connectivity index (χ4v) is 3.51. The van der Waals surface area contributed by atoms with Crippen LogP contribution in [0, 0.1) is 17.8 Å². The molecule has 118 valence electrons. The number of likely N-dealkylation sites (tertiary alicyclic amines) is 1. The SMILES string of the molecule is CC(C)C[C@H]1N[C@@H]1C(C#Cc1ccccc1)N1CCCCC1. The lowest BCUT2D eigenvalue weighted by atomic mass is 10.00. The van der Waals surface area contributed by atoms with Crippen molar-refractivity contribution in [1.29, 1.82) is 0 Å². The van der Waals surface area contributed by atoms with Crippen LogP contribution in [0.15, 0.2) is 30.3 Å². The molecule has 0 radical (unpaired) electrons. The summed E-state index contributed by atoms with van der Waals surface area (Å²) in [5.74, 6) is 7.75. The zero-order chi connectivity index (χ0) is 15.4. The molecule has 0 bridgehead atoms. The Labute approximate surface area is 135 Å². The summed E-state index contributed by atoms with van der Waals surface area (Å²) in [6.45, 7) is 7.03. The highest BCUT2D eigenvalue weighted by atomic mass is 15.3. The Morgan fingerprint density at radius 3 is 2.55 bits per heavy atom. The Morgan fingerprint density at radius 1 is 1.14 bits per heavy atom. The van der Waals surface area contributed by atoms with Gasteiger partial charge < -0.3 is 5.32 Å². The van der Waals surface area contributed by atoms with Gasteiger partial charge in [0.15, 0.2) is 0 Å². The zero-order valence-electron chi connectivity index (χ0n) is 13.9. The number of rotatable bonds is 4. The minimum Gasteiger partial charge on any atom is -0.306 e. The van der Waals surface area contributed by atoms with Crippen molar-refractivity contribution in [3.05, 3.63) is 35.9 Å². The summed E-state index contributed by atoms with van der Waals surface area (Å²) in [5, 5.41) is 3.69. The number of hydrogen-bond acceptors (Lipinski definition) is 2. The molecule has 2 aliphatic rings. The van der Waals surface area contributed by atoms with Gasteiger partial charge in [0, 0.05) is 17.6 Å². The van der Waals surface area contributed by atoms with E-state index in [2.05, 4.69) is 66.2 Å². The van der Waals surface area contributed by atoms with Gasteiger partial charge in [-0.05, 0) is 50.4 Å². The predicted molar refractivity (Wildman–Crippen MR) is 92.7 cm³/mol. The van der Waals surface area contributed by atoms with Crippen LogP contribution in [0.4, 0.5) is 0 Å². The molecule has 22 heavy (non-hydrogen) atoms. The third-order valence-electron chi connectivity index (χ3n) is 4.72. The Hall–Kier alpha value is -1.30. The first-order chi connectivity index (χ1) is 10.7. The molecule has 0 spiro atoms. The molecule has 0 amide bonds. The van der Waals surface area contributed by atoms with E-state index in [0.29, 0.717) is 18.1 Å². The maximum absolute atomic E-state index is 3.69. The van der Waals surface area contributed by atoms with Crippen LogP contribution in [-0.4, -0.2) is 36.1 Å². The molecular formula is C20H28N2. The fraction of sp³-hybridized carbons (Fsp3) is 0.600. The van der Waals surface area contributed by atoms with Crippen molar-refractivity contribution in [2.24, 2.45) is 5.92 Å². The van der Waals surface area contributed by atoms with Crippen molar-refractivity contribution in [1.82, 2.24) is 10.2 Å². The van der Waals surface area contributed by atoms with Gasteiger partial charge in [-0.1, -0.05) is 50.3 Å². The molecule has 2 saturated heterocycles.